The second-order valence-corrected chi connectivity index (χ2v) is 15.7. The Morgan fingerprint density at radius 3 is 1.37 bits per heavy atom. The van der Waals surface area contributed by atoms with Crippen LogP contribution in [0.4, 0.5) is 0 Å². The minimum atomic E-state index is -1.15. The summed E-state index contributed by atoms with van der Waals surface area (Å²) in [6, 6.07) is 17.7. The molecule has 6 nitrogen and oxygen atoms in total. The number of ether oxygens (including phenoxy) is 3. The zero-order chi connectivity index (χ0) is 38.0. The molecular formula is C48H64O6. The molecule has 0 fully saturated rings. The summed E-state index contributed by atoms with van der Waals surface area (Å²) in [5.41, 5.74) is 2.00. The fraction of sp³-hybridized carbons (Fsp3) is 0.562. The van der Waals surface area contributed by atoms with Crippen molar-refractivity contribution in [3.8, 4) is 17.2 Å². The van der Waals surface area contributed by atoms with Crippen molar-refractivity contribution in [3.05, 3.63) is 88.5 Å². The predicted molar refractivity (Wildman–Crippen MR) is 217 cm³/mol. The van der Waals surface area contributed by atoms with E-state index in [0.717, 1.165) is 41.9 Å². The molecule has 2 aliphatic rings. The van der Waals surface area contributed by atoms with Crippen LogP contribution in [0.5, 0.6) is 17.2 Å². The zero-order valence-corrected chi connectivity index (χ0v) is 33.2. The van der Waals surface area contributed by atoms with E-state index in [-0.39, 0.29) is 11.6 Å². The van der Waals surface area contributed by atoms with Gasteiger partial charge in [0.15, 0.2) is 11.6 Å². The number of carbonyl (C=O) groups is 3. The normalized spacial score (nSPS) is 15.8. The molecule has 0 radical (unpaired) electrons. The monoisotopic (exact) mass is 736 g/mol. The first-order valence-corrected chi connectivity index (χ1v) is 21.4. The number of fused-ring (bicyclic) bond motifs is 2. The Hall–Kier alpha value is -3.93. The number of rotatable bonds is 26. The van der Waals surface area contributed by atoms with E-state index in [1.54, 1.807) is 42.5 Å². The summed E-state index contributed by atoms with van der Waals surface area (Å²) in [6.45, 7) is 5.82. The lowest BCUT2D eigenvalue weighted by Crippen LogP contribution is -2.34. The molecule has 0 N–H and O–H groups in total. The van der Waals surface area contributed by atoms with Crippen molar-refractivity contribution in [2.24, 2.45) is 5.41 Å². The van der Waals surface area contributed by atoms with Crippen LogP contribution in [-0.2, 0) is 12.8 Å². The van der Waals surface area contributed by atoms with Crippen molar-refractivity contribution in [2.75, 3.05) is 13.2 Å². The molecule has 1 unspecified atom stereocenters. The van der Waals surface area contributed by atoms with Gasteiger partial charge < -0.3 is 14.2 Å². The van der Waals surface area contributed by atoms with Gasteiger partial charge in [0, 0.05) is 11.1 Å². The van der Waals surface area contributed by atoms with Crippen LogP contribution in [0.1, 0.15) is 184 Å². The first kappa shape index (κ1) is 41.2. The van der Waals surface area contributed by atoms with Gasteiger partial charge in [-0.3, -0.25) is 9.59 Å². The highest BCUT2D eigenvalue weighted by molar-refractivity contribution is 6.24. The summed E-state index contributed by atoms with van der Waals surface area (Å²) in [7, 11) is 0. The van der Waals surface area contributed by atoms with Crippen LogP contribution in [0.3, 0.4) is 0 Å². The van der Waals surface area contributed by atoms with Gasteiger partial charge in [-0.15, -0.1) is 0 Å². The lowest BCUT2D eigenvalue weighted by atomic mass is 9.80. The van der Waals surface area contributed by atoms with Crippen molar-refractivity contribution in [1.82, 2.24) is 0 Å². The summed E-state index contributed by atoms with van der Waals surface area (Å²) in [5.74, 6) is 1.08. The molecule has 5 rings (SSSR count). The lowest BCUT2D eigenvalue weighted by molar-refractivity contribution is 0.0701. The fourth-order valence-electron chi connectivity index (χ4n) is 8.09. The van der Waals surface area contributed by atoms with E-state index in [9.17, 15) is 14.4 Å². The van der Waals surface area contributed by atoms with Crippen molar-refractivity contribution in [3.63, 3.8) is 0 Å². The standard InChI is InChI=1S/C48H64O6/c1-3-5-7-9-11-13-15-17-19-21-31-52-40-25-23-37(24-26-40)47(51)54-42-28-30-44-39(34-42)36-48(46(44)50)35-38-33-41(27-29-43(38)45(48)49)53-32-22-20-18-16-14-12-10-8-6-4-2/h23-30,33-34H,3-22,31-32,35-36H2,1-2H3. The van der Waals surface area contributed by atoms with Crippen molar-refractivity contribution >= 4 is 17.5 Å². The third kappa shape index (κ3) is 11.5. The summed E-state index contributed by atoms with van der Waals surface area (Å²) in [6.07, 6.45) is 26.2. The maximum absolute atomic E-state index is 13.8. The summed E-state index contributed by atoms with van der Waals surface area (Å²) >= 11 is 0. The molecule has 1 atom stereocenters. The van der Waals surface area contributed by atoms with Gasteiger partial charge >= 0.3 is 5.97 Å². The SMILES string of the molecule is CCCCCCCCCCCCOc1ccc(C(=O)Oc2ccc3c(c2)CC2(Cc4cc(OCCCCCCCCCCCC)ccc4C2=O)C3=O)cc1. The van der Waals surface area contributed by atoms with E-state index < -0.39 is 11.4 Å². The predicted octanol–water partition coefficient (Wildman–Crippen LogP) is 12.7. The molecule has 292 valence electrons. The highest BCUT2D eigenvalue weighted by Crippen LogP contribution is 2.48. The van der Waals surface area contributed by atoms with Crippen LogP contribution >= 0.6 is 0 Å². The number of hydrogen-bond acceptors (Lipinski definition) is 6. The second-order valence-electron chi connectivity index (χ2n) is 15.7. The molecule has 6 heteroatoms. The molecule has 0 heterocycles. The van der Waals surface area contributed by atoms with Crippen LogP contribution in [0, 0.1) is 5.41 Å². The van der Waals surface area contributed by atoms with Crippen LogP contribution in [-0.4, -0.2) is 30.7 Å². The van der Waals surface area contributed by atoms with Gasteiger partial charge in [-0.25, -0.2) is 4.79 Å². The fourth-order valence-corrected chi connectivity index (χ4v) is 8.09. The van der Waals surface area contributed by atoms with Gasteiger partial charge in [0.25, 0.3) is 0 Å². The molecule has 3 aromatic carbocycles. The largest absolute Gasteiger partial charge is 0.494 e. The molecule has 0 aromatic heterocycles. The van der Waals surface area contributed by atoms with Crippen LogP contribution in [0.15, 0.2) is 60.7 Å². The van der Waals surface area contributed by atoms with Crippen LogP contribution in [0.2, 0.25) is 0 Å². The Labute approximate surface area is 324 Å². The highest BCUT2D eigenvalue weighted by atomic mass is 16.5. The maximum Gasteiger partial charge on any atom is 0.343 e. The van der Waals surface area contributed by atoms with E-state index in [4.69, 9.17) is 14.2 Å². The quantitative estimate of drug-likeness (QED) is 0.0353. The topological polar surface area (TPSA) is 78.9 Å². The van der Waals surface area contributed by atoms with E-state index >= 15 is 0 Å². The molecule has 0 saturated carbocycles. The Balaban J connectivity index is 1.03. The number of hydrogen-bond donors (Lipinski definition) is 0. The molecule has 0 amide bonds. The van der Waals surface area contributed by atoms with E-state index in [2.05, 4.69) is 13.8 Å². The van der Waals surface area contributed by atoms with Gasteiger partial charge in [-0.1, -0.05) is 129 Å². The Morgan fingerprint density at radius 2 is 0.889 bits per heavy atom. The van der Waals surface area contributed by atoms with E-state index in [0.29, 0.717) is 48.5 Å². The third-order valence-electron chi connectivity index (χ3n) is 11.3. The molecule has 0 bridgehead atoms. The number of carbonyl (C=O) groups excluding carboxylic acids is 3. The van der Waals surface area contributed by atoms with Crippen molar-refractivity contribution in [1.29, 1.82) is 0 Å². The van der Waals surface area contributed by atoms with Crippen LogP contribution < -0.4 is 14.2 Å². The minimum Gasteiger partial charge on any atom is -0.494 e. The smallest absolute Gasteiger partial charge is 0.343 e. The molecule has 0 aliphatic heterocycles. The second kappa shape index (κ2) is 21.8. The number of unbranched alkanes of at least 4 members (excludes halogenated alkanes) is 18. The first-order valence-electron chi connectivity index (χ1n) is 21.4. The summed E-state index contributed by atoms with van der Waals surface area (Å²) in [5, 5.41) is 0. The van der Waals surface area contributed by atoms with Crippen LogP contribution in [0.25, 0.3) is 0 Å². The minimum absolute atomic E-state index is 0.131. The van der Waals surface area contributed by atoms with Gasteiger partial charge in [0.2, 0.25) is 0 Å². The number of ketones is 2. The maximum atomic E-state index is 13.8. The molecular weight excluding hydrogens is 673 g/mol. The number of benzene rings is 3. The molecule has 0 saturated heterocycles. The average Bonchev–Trinajstić information content (AvgIpc) is 3.62. The molecule has 54 heavy (non-hydrogen) atoms. The third-order valence-corrected chi connectivity index (χ3v) is 11.3. The molecule has 1 spiro atoms. The zero-order valence-electron chi connectivity index (χ0n) is 33.2. The Morgan fingerprint density at radius 1 is 0.500 bits per heavy atom. The first-order chi connectivity index (χ1) is 26.4. The average molecular weight is 737 g/mol. The van der Waals surface area contributed by atoms with E-state index in [1.807, 2.05) is 18.2 Å². The van der Waals surface area contributed by atoms with Gasteiger partial charge in [0.05, 0.1) is 18.8 Å². The summed E-state index contributed by atoms with van der Waals surface area (Å²) < 4.78 is 17.7. The van der Waals surface area contributed by atoms with E-state index in [1.165, 1.54) is 109 Å². The van der Waals surface area contributed by atoms with Gasteiger partial charge in [-0.2, -0.15) is 0 Å². The molecule has 2 aliphatic carbocycles. The Bertz CT molecular complexity index is 1640. The number of esters is 1. The summed E-state index contributed by atoms with van der Waals surface area (Å²) in [4.78, 5) is 40.6. The molecule has 3 aromatic rings. The number of Topliss-reactive ketones (excluding diaryl/α,β-unsaturated/α-hetero) is 2. The highest BCUT2D eigenvalue weighted by Gasteiger charge is 2.55. The lowest BCUT2D eigenvalue weighted by Gasteiger charge is -2.18. The van der Waals surface area contributed by atoms with Crippen molar-refractivity contribution < 1.29 is 28.6 Å². The van der Waals surface area contributed by atoms with Gasteiger partial charge in [0.1, 0.15) is 22.7 Å². The van der Waals surface area contributed by atoms with Gasteiger partial charge in [-0.05, 0) is 97.5 Å². The van der Waals surface area contributed by atoms with Crippen molar-refractivity contribution in [2.45, 2.75) is 155 Å². The Kier molecular flexibility index (Phi) is 16.7.